The number of aryl methyl sites for hydroxylation is 1. The number of furan rings is 1. The minimum Gasteiger partial charge on any atom is -0.469 e. The summed E-state index contributed by atoms with van der Waals surface area (Å²) < 4.78 is 9.61. The summed E-state index contributed by atoms with van der Waals surface area (Å²) in [5.41, 5.74) is 2.97. The standard InChI is InChI=1S/C18H19N5OS/c1-12(2)23-17(15-7-9-24-13(15)3)20-21-18(23)25-11-14-10-22-8-5-4-6-16(22)19-14/h4-10,12H,11H2,1-3H3. The molecule has 128 valence electrons. The van der Waals surface area contributed by atoms with Crippen LogP contribution in [0.15, 0.2) is 52.5 Å². The highest BCUT2D eigenvalue weighted by Gasteiger charge is 2.19. The Bertz CT molecular complexity index is 981. The number of hydrogen-bond acceptors (Lipinski definition) is 5. The average Bonchev–Trinajstić information content (AvgIpc) is 3.29. The first-order valence-corrected chi connectivity index (χ1v) is 9.17. The van der Waals surface area contributed by atoms with Crippen molar-refractivity contribution in [3.05, 3.63) is 54.4 Å². The van der Waals surface area contributed by atoms with Crippen LogP contribution >= 0.6 is 11.8 Å². The van der Waals surface area contributed by atoms with Crippen molar-refractivity contribution >= 4 is 17.4 Å². The zero-order valence-corrected chi connectivity index (χ0v) is 15.2. The molecule has 0 aliphatic carbocycles. The number of hydrogen-bond donors (Lipinski definition) is 0. The lowest BCUT2D eigenvalue weighted by Gasteiger charge is -2.13. The quantitative estimate of drug-likeness (QED) is 0.499. The zero-order chi connectivity index (χ0) is 17.4. The molecule has 0 radical (unpaired) electrons. The number of rotatable bonds is 5. The van der Waals surface area contributed by atoms with Gasteiger partial charge >= 0.3 is 0 Å². The van der Waals surface area contributed by atoms with Crippen LogP contribution in [0.1, 0.15) is 31.3 Å². The lowest BCUT2D eigenvalue weighted by atomic mass is 10.2. The van der Waals surface area contributed by atoms with Gasteiger partial charge in [-0.15, -0.1) is 10.2 Å². The van der Waals surface area contributed by atoms with E-state index >= 15 is 0 Å². The van der Waals surface area contributed by atoms with E-state index in [2.05, 4.69) is 39.8 Å². The van der Waals surface area contributed by atoms with E-state index in [9.17, 15) is 0 Å². The molecule has 0 amide bonds. The number of imidazole rings is 1. The summed E-state index contributed by atoms with van der Waals surface area (Å²) >= 11 is 1.65. The SMILES string of the molecule is Cc1occc1-c1nnc(SCc2cn3ccccc3n2)n1C(C)C. The van der Waals surface area contributed by atoms with Gasteiger partial charge in [-0.3, -0.25) is 4.57 Å². The van der Waals surface area contributed by atoms with Gasteiger partial charge in [-0.25, -0.2) is 4.98 Å². The molecule has 0 N–H and O–H groups in total. The van der Waals surface area contributed by atoms with Gasteiger partial charge in [0.15, 0.2) is 11.0 Å². The van der Waals surface area contributed by atoms with E-state index in [0.717, 1.165) is 39.4 Å². The van der Waals surface area contributed by atoms with Crippen molar-refractivity contribution in [2.24, 2.45) is 0 Å². The summed E-state index contributed by atoms with van der Waals surface area (Å²) in [4.78, 5) is 4.64. The van der Waals surface area contributed by atoms with Gasteiger partial charge in [0.1, 0.15) is 11.4 Å². The minimum absolute atomic E-state index is 0.253. The number of thioether (sulfide) groups is 1. The van der Waals surface area contributed by atoms with Gasteiger partial charge in [0.05, 0.1) is 17.5 Å². The Morgan fingerprint density at radius 1 is 1.20 bits per heavy atom. The van der Waals surface area contributed by atoms with Crippen LogP contribution in [0.2, 0.25) is 0 Å². The molecule has 25 heavy (non-hydrogen) atoms. The van der Waals surface area contributed by atoms with Gasteiger partial charge in [-0.2, -0.15) is 0 Å². The van der Waals surface area contributed by atoms with E-state index < -0.39 is 0 Å². The maximum absolute atomic E-state index is 5.43. The van der Waals surface area contributed by atoms with Gasteiger partial charge in [-0.1, -0.05) is 17.8 Å². The summed E-state index contributed by atoms with van der Waals surface area (Å²) in [7, 11) is 0. The molecule has 0 spiro atoms. The second-order valence-corrected chi connectivity index (χ2v) is 7.09. The molecule has 0 unspecified atom stereocenters. The Morgan fingerprint density at radius 2 is 2.08 bits per heavy atom. The molecule has 4 rings (SSSR count). The third-order valence-electron chi connectivity index (χ3n) is 4.04. The van der Waals surface area contributed by atoms with Crippen molar-refractivity contribution in [1.82, 2.24) is 24.1 Å². The van der Waals surface area contributed by atoms with Crippen LogP contribution in [0.25, 0.3) is 17.0 Å². The second-order valence-electron chi connectivity index (χ2n) is 6.15. The average molecular weight is 353 g/mol. The van der Waals surface area contributed by atoms with Gasteiger partial charge in [0.2, 0.25) is 0 Å². The number of nitrogens with zero attached hydrogens (tertiary/aromatic N) is 5. The molecule has 0 atom stereocenters. The third-order valence-corrected chi connectivity index (χ3v) is 5.02. The van der Waals surface area contributed by atoms with Crippen LogP contribution in [-0.2, 0) is 5.75 Å². The number of aromatic nitrogens is 5. The van der Waals surface area contributed by atoms with Crippen LogP contribution in [-0.4, -0.2) is 24.1 Å². The van der Waals surface area contributed by atoms with Crippen molar-refractivity contribution in [1.29, 1.82) is 0 Å². The number of pyridine rings is 1. The fourth-order valence-electron chi connectivity index (χ4n) is 2.84. The van der Waals surface area contributed by atoms with E-state index in [1.54, 1.807) is 18.0 Å². The molecule has 0 bridgehead atoms. The Balaban J connectivity index is 1.62. The largest absolute Gasteiger partial charge is 0.469 e. The normalized spacial score (nSPS) is 11.7. The van der Waals surface area contributed by atoms with Crippen molar-refractivity contribution < 1.29 is 4.42 Å². The molecule has 4 heterocycles. The van der Waals surface area contributed by atoms with E-state index in [1.807, 2.05) is 41.8 Å². The molecule has 4 aromatic heterocycles. The Hall–Kier alpha value is -2.54. The molecular weight excluding hydrogens is 334 g/mol. The van der Waals surface area contributed by atoms with Crippen LogP contribution in [0.3, 0.4) is 0 Å². The van der Waals surface area contributed by atoms with Crippen LogP contribution in [0.5, 0.6) is 0 Å². The van der Waals surface area contributed by atoms with Crippen molar-refractivity contribution in [2.75, 3.05) is 0 Å². The fraction of sp³-hybridized carbons (Fsp3) is 0.278. The summed E-state index contributed by atoms with van der Waals surface area (Å²) in [6.45, 7) is 6.21. The van der Waals surface area contributed by atoms with Gasteiger partial charge < -0.3 is 8.82 Å². The minimum atomic E-state index is 0.253. The fourth-order valence-corrected chi connectivity index (χ4v) is 3.79. The van der Waals surface area contributed by atoms with Gasteiger partial charge in [-0.05, 0) is 39.0 Å². The highest BCUT2D eigenvalue weighted by atomic mass is 32.2. The van der Waals surface area contributed by atoms with Crippen molar-refractivity contribution in [3.8, 4) is 11.4 Å². The van der Waals surface area contributed by atoms with E-state index in [0.29, 0.717) is 0 Å². The summed E-state index contributed by atoms with van der Waals surface area (Å²) in [6.07, 6.45) is 5.75. The Labute approximate surface area is 149 Å². The highest BCUT2D eigenvalue weighted by Crippen LogP contribution is 2.31. The maximum Gasteiger partial charge on any atom is 0.192 e. The molecule has 0 fully saturated rings. The Morgan fingerprint density at radius 3 is 2.80 bits per heavy atom. The molecule has 0 saturated carbocycles. The topological polar surface area (TPSA) is 61.1 Å². The van der Waals surface area contributed by atoms with Crippen LogP contribution in [0, 0.1) is 6.92 Å². The third kappa shape index (κ3) is 2.95. The zero-order valence-electron chi connectivity index (χ0n) is 14.4. The predicted molar refractivity (Wildman–Crippen MR) is 97.6 cm³/mol. The number of fused-ring (bicyclic) bond motifs is 1. The van der Waals surface area contributed by atoms with Crippen molar-refractivity contribution in [3.63, 3.8) is 0 Å². The van der Waals surface area contributed by atoms with Crippen LogP contribution in [0.4, 0.5) is 0 Å². The summed E-state index contributed by atoms with van der Waals surface area (Å²) in [5.74, 6) is 2.45. The van der Waals surface area contributed by atoms with Gasteiger partial charge in [0, 0.05) is 24.2 Å². The molecule has 0 aromatic carbocycles. The molecule has 0 saturated heterocycles. The van der Waals surface area contributed by atoms with E-state index in [1.165, 1.54) is 0 Å². The molecule has 0 aliphatic heterocycles. The molecule has 7 heteroatoms. The molecule has 0 aliphatic rings. The molecular formula is C18H19N5OS. The first-order chi connectivity index (χ1) is 12.1. The van der Waals surface area contributed by atoms with Gasteiger partial charge in [0.25, 0.3) is 0 Å². The smallest absolute Gasteiger partial charge is 0.192 e. The maximum atomic E-state index is 5.43. The van der Waals surface area contributed by atoms with E-state index in [4.69, 9.17) is 4.42 Å². The monoisotopic (exact) mass is 353 g/mol. The second kappa shape index (κ2) is 6.40. The van der Waals surface area contributed by atoms with Crippen LogP contribution < -0.4 is 0 Å². The lowest BCUT2D eigenvalue weighted by Crippen LogP contribution is -2.05. The highest BCUT2D eigenvalue weighted by molar-refractivity contribution is 7.98. The predicted octanol–water partition coefficient (Wildman–Crippen LogP) is 4.37. The summed E-state index contributed by atoms with van der Waals surface area (Å²) in [6, 6.07) is 8.19. The molecule has 4 aromatic rings. The molecule has 6 nitrogen and oxygen atoms in total. The van der Waals surface area contributed by atoms with E-state index in [-0.39, 0.29) is 6.04 Å². The van der Waals surface area contributed by atoms with Crippen molar-refractivity contribution in [2.45, 2.75) is 37.7 Å². The lowest BCUT2D eigenvalue weighted by molar-refractivity contribution is 0.531. The Kier molecular flexibility index (Phi) is 4.09. The summed E-state index contributed by atoms with van der Waals surface area (Å²) in [5, 5.41) is 9.70. The first-order valence-electron chi connectivity index (χ1n) is 8.18. The first kappa shape index (κ1) is 16.0.